The molecule has 6 heteroatoms. The van der Waals surface area contributed by atoms with Crippen molar-refractivity contribution in [3.63, 3.8) is 0 Å². The van der Waals surface area contributed by atoms with Crippen molar-refractivity contribution in [2.24, 2.45) is 0 Å². The van der Waals surface area contributed by atoms with E-state index in [0.717, 1.165) is 24.2 Å². The Morgan fingerprint density at radius 1 is 1.24 bits per heavy atom. The van der Waals surface area contributed by atoms with E-state index in [1.54, 1.807) is 18.4 Å². The number of hydrogen-bond donors (Lipinski definition) is 3. The molecule has 6 nitrogen and oxygen atoms in total. The van der Waals surface area contributed by atoms with Gasteiger partial charge in [-0.3, -0.25) is 10.1 Å². The van der Waals surface area contributed by atoms with Gasteiger partial charge in [-0.2, -0.15) is 0 Å². The maximum Gasteiger partial charge on any atom is 0.321 e. The summed E-state index contributed by atoms with van der Waals surface area (Å²) < 4.78 is 5.13. The van der Waals surface area contributed by atoms with Crippen molar-refractivity contribution < 1.29 is 18.9 Å². The second-order valence-corrected chi connectivity index (χ2v) is 6.48. The largest absolute Gasteiger partial charge is 0.467 e. The zero-order chi connectivity index (χ0) is 17.6. The number of likely N-dealkylation sites (N-methyl/N-ethyl adjacent to an activating group) is 1. The Morgan fingerprint density at radius 2 is 2.08 bits per heavy atom. The molecule has 3 rings (SSSR count). The standard InChI is InChI=1S/C19H23N3O3/c1-22(17-10-4-7-14-6-2-3-9-16(14)17)13-18(23)21-19(24)20-12-15-8-5-11-25-15/h2-3,5-6,8-9,11,17H,4,7,10,12-13H2,1H3,(H2,20,21,23,24)/p+1/t17-/m1/s1. The molecule has 0 fully saturated rings. The molecule has 0 saturated heterocycles. The van der Waals surface area contributed by atoms with Crippen LogP contribution >= 0.6 is 0 Å². The van der Waals surface area contributed by atoms with Gasteiger partial charge in [0.1, 0.15) is 11.8 Å². The van der Waals surface area contributed by atoms with Gasteiger partial charge in [-0.1, -0.05) is 24.3 Å². The number of aryl methyl sites for hydroxylation is 1. The number of urea groups is 1. The molecule has 2 aromatic rings. The number of amides is 3. The second-order valence-electron chi connectivity index (χ2n) is 6.48. The monoisotopic (exact) mass is 342 g/mol. The lowest BCUT2D eigenvalue weighted by molar-refractivity contribution is -0.905. The molecule has 1 aromatic heterocycles. The van der Waals surface area contributed by atoms with E-state index in [1.807, 2.05) is 13.1 Å². The third kappa shape index (κ3) is 4.48. The number of furan rings is 1. The van der Waals surface area contributed by atoms with Crippen LogP contribution in [0.2, 0.25) is 0 Å². The highest BCUT2D eigenvalue weighted by Crippen LogP contribution is 2.27. The third-order valence-electron chi connectivity index (χ3n) is 4.66. The van der Waals surface area contributed by atoms with E-state index in [1.165, 1.54) is 11.1 Å². The fraction of sp³-hybridized carbons (Fsp3) is 0.368. The van der Waals surface area contributed by atoms with Crippen molar-refractivity contribution in [2.75, 3.05) is 13.6 Å². The summed E-state index contributed by atoms with van der Waals surface area (Å²) >= 11 is 0. The molecule has 1 heterocycles. The predicted molar refractivity (Wildman–Crippen MR) is 93.0 cm³/mol. The van der Waals surface area contributed by atoms with Crippen LogP contribution in [0.1, 0.15) is 35.8 Å². The van der Waals surface area contributed by atoms with Crippen molar-refractivity contribution in [3.8, 4) is 0 Å². The van der Waals surface area contributed by atoms with Crippen molar-refractivity contribution >= 4 is 11.9 Å². The molecule has 0 aliphatic heterocycles. The molecule has 1 unspecified atom stereocenters. The Balaban J connectivity index is 1.50. The van der Waals surface area contributed by atoms with Gasteiger partial charge in [0.15, 0.2) is 6.54 Å². The Hall–Kier alpha value is -2.60. The summed E-state index contributed by atoms with van der Waals surface area (Å²) in [5, 5.41) is 5.00. The highest BCUT2D eigenvalue weighted by Gasteiger charge is 2.28. The van der Waals surface area contributed by atoms with Crippen LogP contribution in [-0.4, -0.2) is 25.5 Å². The summed E-state index contributed by atoms with van der Waals surface area (Å²) in [7, 11) is 2.01. The molecular formula is C19H24N3O3+. The molecule has 0 radical (unpaired) electrons. The molecular weight excluding hydrogens is 318 g/mol. The summed E-state index contributed by atoms with van der Waals surface area (Å²) in [6, 6.07) is 11.7. The van der Waals surface area contributed by atoms with E-state index in [9.17, 15) is 9.59 Å². The van der Waals surface area contributed by atoms with Crippen LogP contribution in [0, 0.1) is 0 Å². The smallest absolute Gasteiger partial charge is 0.321 e. The van der Waals surface area contributed by atoms with Gasteiger partial charge < -0.3 is 14.6 Å². The average molecular weight is 342 g/mol. The fourth-order valence-corrected chi connectivity index (χ4v) is 3.44. The summed E-state index contributed by atoms with van der Waals surface area (Å²) in [6.45, 7) is 0.512. The number of benzene rings is 1. The summed E-state index contributed by atoms with van der Waals surface area (Å²) in [5.41, 5.74) is 2.69. The van der Waals surface area contributed by atoms with Crippen molar-refractivity contribution in [1.29, 1.82) is 0 Å². The minimum atomic E-state index is -0.502. The lowest BCUT2D eigenvalue weighted by Gasteiger charge is -2.30. The van der Waals surface area contributed by atoms with Crippen LogP contribution in [0.15, 0.2) is 47.1 Å². The third-order valence-corrected chi connectivity index (χ3v) is 4.66. The van der Waals surface area contributed by atoms with Crippen molar-refractivity contribution in [1.82, 2.24) is 10.6 Å². The highest BCUT2D eigenvalue weighted by atomic mass is 16.3. The van der Waals surface area contributed by atoms with Gasteiger partial charge in [-0.25, -0.2) is 4.79 Å². The SMILES string of the molecule is C[NH+](CC(=O)NC(=O)NCc1ccco1)[C@@H]1CCCc2ccccc21. The second kappa shape index (κ2) is 7.98. The molecule has 1 aliphatic rings. The maximum atomic E-state index is 12.2. The van der Waals surface area contributed by atoms with E-state index in [0.29, 0.717) is 11.8 Å². The molecule has 132 valence electrons. The lowest BCUT2D eigenvalue weighted by atomic mass is 9.87. The molecule has 25 heavy (non-hydrogen) atoms. The number of fused-ring (bicyclic) bond motifs is 1. The zero-order valence-corrected chi connectivity index (χ0v) is 14.4. The van der Waals surface area contributed by atoms with Crippen LogP contribution < -0.4 is 15.5 Å². The molecule has 3 N–H and O–H groups in total. The van der Waals surface area contributed by atoms with Crippen LogP contribution in [0.3, 0.4) is 0 Å². The minimum absolute atomic E-state index is 0.255. The van der Waals surface area contributed by atoms with Gasteiger partial charge in [0, 0.05) is 12.0 Å². The van der Waals surface area contributed by atoms with Gasteiger partial charge in [-0.05, 0) is 30.5 Å². The maximum absolute atomic E-state index is 12.2. The topological polar surface area (TPSA) is 75.8 Å². The Kier molecular flexibility index (Phi) is 5.50. The van der Waals surface area contributed by atoms with Crippen molar-refractivity contribution in [3.05, 3.63) is 59.5 Å². The number of quaternary nitrogens is 1. The van der Waals surface area contributed by atoms with Crippen LogP contribution in [0.25, 0.3) is 0 Å². The van der Waals surface area contributed by atoms with Crippen molar-refractivity contribution in [2.45, 2.75) is 31.8 Å². The predicted octanol–water partition coefficient (Wildman–Crippen LogP) is 1.20. The number of rotatable bonds is 5. The minimum Gasteiger partial charge on any atom is -0.467 e. The first-order valence-corrected chi connectivity index (χ1v) is 8.63. The normalized spacial score (nSPS) is 17.4. The zero-order valence-electron chi connectivity index (χ0n) is 14.4. The molecule has 0 bridgehead atoms. The summed E-state index contributed by atoms with van der Waals surface area (Å²) in [6.07, 6.45) is 4.83. The molecule has 0 spiro atoms. The summed E-state index contributed by atoms with van der Waals surface area (Å²) in [5.74, 6) is 0.363. The number of nitrogens with one attached hydrogen (secondary N) is 3. The van der Waals surface area contributed by atoms with Gasteiger partial charge >= 0.3 is 6.03 Å². The average Bonchev–Trinajstić information content (AvgIpc) is 3.13. The first-order chi connectivity index (χ1) is 12.1. The quantitative estimate of drug-likeness (QED) is 0.764. The summed E-state index contributed by atoms with van der Waals surface area (Å²) in [4.78, 5) is 25.1. The van der Waals surface area contributed by atoms with Gasteiger partial charge in [0.25, 0.3) is 5.91 Å². The van der Waals surface area contributed by atoms with Crippen LogP contribution in [-0.2, 0) is 17.8 Å². The number of carbonyl (C=O) groups excluding carboxylic acids is 2. The first-order valence-electron chi connectivity index (χ1n) is 8.63. The van der Waals surface area contributed by atoms with Crippen LogP contribution in [0.5, 0.6) is 0 Å². The van der Waals surface area contributed by atoms with Gasteiger partial charge in [-0.15, -0.1) is 0 Å². The van der Waals surface area contributed by atoms with Gasteiger partial charge in [0.2, 0.25) is 0 Å². The molecule has 1 aliphatic carbocycles. The number of carbonyl (C=O) groups is 2. The number of imide groups is 1. The molecule has 0 saturated carbocycles. The van der Waals surface area contributed by atoms with E-state index in [4.69, 9.17) is 4.42 Å². The fourth-order valence-electron chi connectivity index (χ4n) is 3.44. The lowest BCUT2D eigenvalue weighted by Crippen LogP contribution is -3.10. The Labute approximate surface area is 147 Å². The highest BCUT2D eigenvalue weighted by molar-refractivity contribution is 5.94. The van der Waals surface area contributed by atoms with E-state index in [2.05, 4.69) is 28.8 Å². The van der Waals surface area contributed by atoms with E-state index < -0.39 is 6.03 Å². The van der Waals surface area contributed by atoms with Crippen LogP contribution in [0.4, 0.5) is 4.79 Å². The Bertz CT molecular complexity index is 727. The van der Waals surface area contributed by atoms with Gasteiger partial charge in [0.05, 0.1) is 19.9 Å². The molecule has 1 aromatic carbocycles. The van der Waals surface area contributed by atoms with E-state index in [-0.39, 0.29) is 19.0 Å². The number of hydrogen-bond acceptors (Lipinski definition) is 3. The van der Waals surface area contributed by atoms with E-state index >= 15 is 0 Å². The molecule has 2 atom stereocenters. The molecule has 3 amide bonds. The first kappa shape index (κ1) is 17.2. The Morgan fingerprint density at radius 3 is 2.88 bits per heavy atom.